The summed E-state index contributed by atoms with van der Waals surface area (Å²) in [7, 11) is 1.53. The summed E-state index contributed by atoms with van der Waals surface area (Å²) >= 11 is 3.29. The summed E-state index contributed by atoms with van der Waals surface area (Å²) in [5, 5.41) is 0. The van der Waals surface area contributed by atoms with Gasteiger partial charge in [-0.15, -0.1) is 0 Å². The smallest absolute Gasteiger partial charge is 0.325 e. The Balaban J connectivity index is 2.90. The molecule has 0 spiro atoms. The van der Waals surface area contributed by atoms with Crippen LogP contribution in [0.3, 0.4) is 0 Å². The van der Waals surface area contributed by atoms with Gasteiger partial charge >= 0.3 is 5.97 Å². The maximum absolute atomic E-state index is 12.5. The largest absolute Gasteiger partial charge is 0.465 e. The Kier molecular flexibility index (Phi) is 7.18. The van der Waals surface area contributed by atoms with Crippen molar-refractivity contribution in [1.82, 2.24) is 4.90 Å². The van der Waals surface area contributed by atoms with Crippen LogP contribution >= 0.6 is 15.9 Å². The van der Waals surface area contributed by atoms with E-state index in [9.17, 15) is 9.59 Å². The van der Waals surface area contributed by atoms with Crippen molar-refractivity contribution in [2.24, 2.45) is 0 Å². The summed E-state index contributed by atoms with van der Waals surface area (Å²) < 4.78 is 10.6. The van der Waals surface area contributed by atoms with E-state index in [1.54, 1.807) is 25.1 Å². The molecule has 0 bridgehead atoms. The van der Waals surface area contributed by atoms with Crippen LogP contribution in [0.5, 0.6) is 0 Å². The van der Waals surface area contributed by atoms with Crippen LogP contribution in [0.25, 0.3) is 0 Å². The average Bonchev–Trinajstić information content (AvgIpc) is 2.43. The van der Waals surface area contributed by atoms with Crippen molar-refractivity contribution in [3.05, 3.63) is 28.2 Å². The molecule has 0 atom stereocenters. The number of carbonyl (C=O) groups excluding carboxylic acids is 2. The molecule has 1 aromatic rings. The van der Waals surface area contributed by atoms with Crippen molar-refractivity contribution < 1.29 is 19.1 Å². The molecule has 0 saturated carbocycles. The third-order valence-electron chi connectivity index (χ3n) is 2.72. The summed E-state index contributed by atoms with van der Waals surface area (Å²) in [6.07, 6.45) is 0. The van der Waals surface area contributed by atoms with E-state index >= 15 is 0 Å². The van der Waals surface area contributed by atoms with Crippen molar-refractivity contribution in [3.63, 3.8) is 0 Å². The average molecular weight is 359 g/mol. The molecular weight excluding hydrogens is 340 g/mol. The van der Waals surface area contributed by atoms with E-state index in [2.05, 4.69) is 15.9 Å². The highest BCUT2D eigenvalue weighted by atomic mass is 79.9. The number of amides is 1. The van der Waals surface area contributed by atoms with Gasteiger partial charge in [-0.3, -0.25) is 9.59 Å². The molecule has 0 aliphatic carbocycles. The molecule has 0 radical (unpaired) electrons. The lowest BCUT2D eigenvalue weighted by molar-refractivity contribution is -0.143. The molecular formula is C14H19BrN2O4. The van der Waals surface area contributed by atoms with Gasteiger partial charge in [0.1, 0.15) is 6.54 Å². The lowest BCUT2D eigenvalue weighted by atomic mass is 10.1. The number of methoxy groups -OCH3 is 1. The number of halogens is 1. The van der Waals surface area contributed by atoms with Gasteiger partial charge in [-0.2, -0.15) is 0 Å². The Morgan fingerprint density at radius 3 is 2.67 bits per heavy atom. The zero-order valence-electron chi connectivity index (χ0n) is 12.1. The van der Waals surface area contributed by atoms with Crippen molar-refractivity contribution in [1.29, 1.82) is 0 Å². The van der Waals surface area contributed by atoms with E-state index in [4.69, 9.17) is 15.2 Å². The fourth-order valence-electron chi connectivity index (χ4n) is 1.72. The third kappa shape index (κ3) is 5.35. The molecule has 1 rings (SSSR count). The van der Waals surface area contributed by atoms with Crippen LogP contribution in [0.2, 0.25) is 0 Å². The molecule has 116 valence electrons. The molecule has 6 nitrogen and oxygen atoms in total. The second-order valence-corrected chi connectivity index (χ2v) is 5.17. The van der Waals surface area contributed by atoms with E-state index < -0.39 is 5.97 Å². The number of hydrogen-bond acceptors (Lipinski definition) is 5. The predicted octanol–water partition coefficient (Wildman–Crippen LogP) is 1.68. The predicted molar refractivity (Wildman–Crippen MR) is 83.0 cm³/mol. The van der Waals surface area contributed by atoms with Gasteiger partial charge in [-0.25, -0.2) is 0 Å². The molecule has 0 aliphatic heterocycles. The number of carbonyl (C=O) groups is 2. The highest BCUT2D eigenvalue weighted by molar-refractivity contribution is 9.10. The summed E-state index contributed by atoms with van der Waals surface area (Å²) in [5.41, 5.74) is 6.55. The number of anilines is 1. The van der Waals surface area contributed by atoms with E-state index in [0.717, 1.165) is 4.47 Å². The van der Waals surface area contributed by atoms with E-state index in [1.807, 2.05) is 0 Å². The number of benzene rings is 1. The van der Waals surface area contributed by atoms with Gasteiger partial charge in [0.05, 0.1) is 18.8 Å². The minimum Gasteiger partial charge on any atom is -0.465 e. The zero-order valence-corrected chi connectivity index (χ0v) is 13.7. The van der Waals surface area contributed by atoms with Crippen LogP contribution in [-0.4, -0.2) is 50.2 Å². The fourth-order valence-corrected chi connectivity index (χ4v) is 2.09. The first-order chi connectivity index (χ1) is 9.99. The summed E-state index contributed by atoms with van der Waals surface area (Å²) in [5.74, 6) is -0.789. The summed E-state index contributed by atoms with van der Waals surface area (Å²) in [4.78, 5) is 25.4. The van der Waals surface area contributed by atoms with Crippen molar-refractivity contribution in [2.75, 3.05) is 39.1 Å². The SMILES string of the molecule is CCOC(=O)CN(CCOC)C(=O)c1ccc(Br)cc1N. The lowest BCUT2D eigenvalue weighted by Gasteiger charge is -2.22. The maximum Gasteiger partial charge on any atom is 0.325 e. The Morgan fingerprint density at radius 2 is 2.10 bits per heavy atom. The van der Waals surface area contributed by atoms with Crippen LogP contribution in [0.1, 0.15) is 17.3 Å². The molecule has 1 aromatic carbocycles. The number of rotatable bonds is 7. The first kappa shape index (κ1) is 17.5. The molecule has 2 N–H and O–H groups in total. The number of hydrogen-bond donors (Lipinski definition) is 1. The van der Waals surface area contributed by atoms with Gasteiger partial charge in [0.2, 0.25) is 0 Å². The molecule has 0 unspecified atom stereocenters. The molecule has 0 fully saturated rings. The topological polar surface area (TPSA) is 81.9 Å². The van der Waals surface area contributed by atoms with Crippen molar-refractivity contribution in [3.8, 4) is 0 Å². The first-order valence-corrected chi connectivity index (χ1v) is 7.27. The van der Waals surface area contributed by atoms with Gasteiger partial charge in [-0.05, 0) is 25.1 Å². The normalized spacial score (nSPS) is 10.2. The van der Waals surface area contributed by atoms with Gasteiger partial charge in [0.25, 0.3) is 5.91 Å². The van der Waals surface area contributed by atoms with Crippen LogP contribution < -0.4 is 5.73 Å². The highest BCUT2D eigenvalue weighted by Gasteiger charge is 2.21. The molecule has 0 saturated heterocycles. The van der Waals surface area contributed by atoms with E-state index in [-0.39, 0.29) is 25.6 Å². The van der Waals surface area contributed by atoms with Crippen LogP contribution in [0.4, 0.5) is 5.69 Å². The Bertz CT molecular complexity index is 508. The minimum absolute atomic E-state index is 0.133. The lowest BCUT2D eigenvalue weighted by Crippen LogP contribution is -2.39. The monoisotopic (exact) mass is 358 g/mol. The maximum atomic E-state index is 12.5. The number of nitrogens with two attached hydrogens (primary N) is 1. The van der Waals surface area contributed by atoms with Gasteiger partial charge in [-0.1, -0.05) is 15.9 Å². The van der Waals surface area contributed by atoms with Crippen LogP contribution in [0.15, 0.2) is 22.7 Å². The van der Waals surface area contributed by atoms with Gasteiger partial charge in [0.15, 0.2) is 0 Å². The Labute approximate surface area is 132 Å². The first-order valence-electron chi connectivity index (χ1n) is 6.48. The fraction of sp³-hybridized carbons (Fsp3) is 0.429. The van der Waals surface area contributed by atoms with Crippen LogP contribution in [-0.2, 0) is 14.3 Å². The van der Waals surface area contributed by atoms with Crippen molar-refractivity contribution in [2.45, 2.75) is 6.92 Å². The number of nitrogen functional groups attached to an aromatic ring is 1. The second-order valence-electron chi connectivity index (χ2n) is 4.26. The highest BCUT2D eigenvalue weighted by Crippen LogP contribution is 2.20. The zero-order chi connectivity index (χ0) is 15.8. The van der Waals surface area contributed by atoms with Gasteiger partial charge < -0.3 is 20.1 Å². The summed E-state index contributed by atoms with van der Waals surface area (Å²) in [6.45, 7) is 2.45. The molecule has 0 heterocycles. The number of ether oxygens (including phenoxy) is 2. The number of esters is 1. The second kappa shape index (κ2) is 8.63. The third-order valence-corrected chi connectivity index (χ3v) is 3.22. The molecule has 21 heavy (non-hydrogen) atoms. The summed E-state index contributed by atoms with van der Waals surface area (Å²) in [6, 6.07) is 4.99. The van der Waals surface area contributed by atoms with Gasteiger partial charge in [0, 0.05) is 23.8 Å². The molecule has 0 aromatic heterocycles. The molecule has 1 amide bonds. The van der Waals surface area contributed by atoms with E-state index in [0.29, 0.717) is 17.9 Å². The van der Waals surface area contributed by atoms with E-state index in [1.165, 1.54) is 12.0 Å². The standard InChI is InChI=1S/C14H19BrN2O4/c1-3-21-13(18)9-17(6-7-20-2)14(19)11-5-4-10(15)8-12(11)16/h4-5,8H,3,6-7,9,16H2,1-2H3. The quantitative estimate of drug-likeness (QED) is 0.592. The number of nitrogens with zero attached hydrogens (tertiary/aromatic N) is 1. The van der Waals surface area contributed by atoms with Crippen LogP contribution in [0, 0.1) is 0 Å². The molecule has 0 aliphatic rings. The van der Waals surface area contributed by atoms with Crippen molar-refractivity contribution >= 4 is 33.5 Å². The molecule has 7 heteroatoms. The Hall–Kier alpha value is -1.60. The minimum atomic E-state index is -0.461. The Morgan fingerprint density at radius 1 is 1.38 bits per heavy atom.